The maximum absolute atomic E-state index is 12.8. The Morgan fingerprint density at radius 2 is 2.09 bits per heavy atom. The number of nitrogens with zero attached hydrogens (tertiary/aromatic N) is 1. The number of nitrogens with one attached hydrogen (secondary N) is 1. The molecule has 1 unspecified atom stereocenters. The lowest BCUT2D eigenvalue weighted by molar-refractivity contribution is -0.139. The molecule has 1 aliphatic heterocycles. The van der Waals surface area contributed by atoms with E-state index < -0.39 is 0 Å². The van der Waals surface area contributed by atoms with Crippen molar-refractivity contribution in [1.82, 2.24) is 10.2 Å². The van der Waals surface area contributed by atoms with Gasteiger partial charge in [0.15, 0.2) is 0 Å². The molecule has 1 fully saturated rings. The second kappa shape index (κ2) is 7.57. The number of amides is 1. The normalized spacial score (nSPS) is 29.3. The summed E-state index contributed by atoms with van der Waals surface area (Å²) in [6, 6.07) is -0.0706. The number of piperidine rings is 1. The number of halogens is 1. The zero-order valence-electron chi connectivity index (χ0n) is 15.4. The van der Waals surface area contributed by atoms with Crippen LogP contribution in [0, 0.1) is 23.2 Å². The monoisotopic (exact) mass is 340 g/mol. The second-order valence-corrected chi connectivity index (χ2v) is 8.82. The number of carbonyl (C=O) groups excluding carboxylic acids is 1. The van der Waals surface area contributed by atoms with Gasteiger partial charge in [-0.05, 0) is 55.9 Å². The van der Waals surface area contributed by atoms with Gasteiger partial charge in [-0.3, -0.25) is 4.79 Å². The molecule has 0 aromatic rings. The molecule has 0 radical (unpaired) electrons. The Hall–Kier alpha value is -0.540. The number of rotatable bonds is 4. The third-order valence-electron chi connectivity index (χ3n) is 5.83. The van der Waals surface area contributed by atoms with Crippen LogP contribution in [-0.4, -0.2) is 37.0 Å². The Balaban J connectivity index is 2.03. The van der Waals surface area contributed by atoms with Crippen LogP contribution in [0.2, 0.25) is 0 Å². The number of hydrogen-bond acceptors (Lipinski definition) is 2. The van der Waals surface area contributed by atoms with Crippen molar-refractivity contribution in [3.8, 4) is 0 Å². The number of hydrogen-bond donors (Lipinski definition) is 1. The smallest absolute Gasteiger partial charge is 0.239 e. The Labute approximate surface area is 146 Å². The summed E-state index contributed by atoms with van der Waals surface area (Å²) in [6.07, 6.45) is 6.65. The van der Waals surface area contributed by atoms with E-state index in [2.05, 4.69) is 44.0 Å². The van der Waals surface area contributed by atoms with E-state index in [-0.39, 0.29) is 17.4 Å². The summed E-state index contributed by atoms with van der Waals surface area (Å²) >= 11 is 6.14. The fourth-order valence-electron chi connectivity index (χ4n) is 4.56. The fraction of sp³-hybridized carbons (Fsp3) is 0.842. The van der Waals surface area contributed by atoms with Crippen LogP contribution < -0.4 is 5.32 Å². The van der Waals surface area contributed by atoms with E-state index in [1.54, 1.807) is 0 Å². The molecule has 23 heavy (non-hydrogen) atoms. The van der Waals surface area contributed by atoms with Crippen molar-refractivity contribution in [3.63, 3.8) is 0 Å². The topological polar surface area (TPSA) is 32.3 Å². The number of carbonyl (C=O) groups is 1. The zero-order chi connectivity index (χ0) is 17.2. The summed E-state index contributed by atoms with van der Waals surface area (Å²) in [4.78, 5) is 14.9. The fourth-order valence-corrected chi connectivity index (χ4v) is 4.76. The van der Waals surface area contributed by atoms with Crippen LogP contribution in [-0.2, 0) is 4.79 Å². The number of likely N-dealkylation sites (tertiary alicyclic amines) is 1. The maximum Gasteiger partial charge on any atom is 0.239 e. The summed E-state index contributed by atoms with van der Waals surface area (Å²) in [5, 5.41) is 4.22. The molecule has 2 rings (SSSR count). The molecule has 3 nitrogen and oxygen atoms in total. The van der Waals surface area contributed by atoms with Crippen molar-refractivity contribution < 1.29 is 4.79 Å². The predicted molar refractivity (Wildman–Crippen MR) is 97.4 cm³/mol. The molecule has 1 N–H and O–H groups in total. The molecule has 4 heteroatoms. The number of allylic oxidation sites excluding steroid dienone is 2. The van der Waals surface area contributed by atoms with Gasteiger partial charge < -0.3 is 10.2 Å². The van der Waals surface area contributed by atoms with Crippen LogP contribution in [0.3, 0.4) is 0 Å². The molecular formula is C19H33ClN2O. The minimum atomic E-state index is -0.0706. The third-order valence-corrected chi connectivity index (χ3v) is 6.18. The largest absolute Gasteiger partial charge is 0.341 e. The maximum atomic E-state index is 12.8. The van der Waals surface area contributed by atoms with Gasteiger partial charge in [-0.1, -0.05) is 45.4 Å². The summed E-state index contributed by atoms with van der Waals surface area (Å²) in [5.41, 5.74) is 0.172. The van der Waals surface area contributed by atoms with E-state index in [1.807, 2.05) is 7.05 Å². The molecule has 0 spiro atoms. The minimum absolute atomic E-state index is 0.0706. The molecule has 0 aromatic carbocycles. The molecule has 0 aromatic heterocycles. The van der Waals surface area contributed by atoms with Crippen LogP contribution in [0.4, 0.5) is 0 Å². The van der Waals surface area contributed by atoms with Crippen molar-refractivity contribution in [2.45, 2.75) is 59.4 Å². The molecule has 0 saturated carbocycles. The highest BCUT2D eigenvalue weighted by atomic mass is 35.5. The average molecular weight is 341 g/mol. The summed E-state index contributed by atoms with van der Waals surface area (Å²) in [7, 11) is 1.89. The Morgan fingerprint density at radius 1 is 1.39 bits per heavy atom. The van der Waals surface area contributed by atoms with Gasteiger partial charge in [0.05, 0.1) is 6.04 Å². The van der Waals surface area contributed by atoms with Gasteiger partial charge in [-0.15, -0.1) is 0 Å². The highest BCUT2D eigenvalue weighted by Crippen LogP contribution is 2.45. The van der Waals surface area contributed by atoms with E-state index >= 15 is 0 Å². The second-order valence-electron chi connectivity index (χ2n) is 8.34. The molecule has 2 aliphatic rings. The van der Waals surface area contributed by atoms with Gasteiger partial charge in [0.2, 0.25) is 5.91 Å². The Kier molecular flexibility index (Phi) is 6.18. The standard InChI is InChI=1S/C19H33ClN2O/c1-13(2)17(21-5)18(23)22-11-10-16(19(3,4)12-22)14-6-8-15(20)9-7-14/h8,13-14,16-17,21H,6-7,9-12H2,1-5H3/t14?,16-,17-/m1/s1. The molecule has 0 bridgehead atoms. The Morgan fingerprint density at radius 3 is 2.57 bits per heavy atom. The van der Waals surface area contributed by atoms with Crippen molar-refractivity contribution in [3.05, 3.63) is 11.1 Å². The first kappa shape index (κ1) is 18.8. The minimum Gasteiger partial charge on any atom is -0.341 e. The van der Waals surface area contributed by atoms with Crippen LogP contribution in [0.1, 0.15) is 53.4 Å². The van der Waals surface area contributed by atoms with E-state index in [1.165, 1.54) is 6.42 Å². The van der Waals surface area contributed by atoms with Crippen molar-refractivity contribution in [2.75, 3.05) is 20.1 Å². The van der Waals surface area contributed by atoms with Gasteiger partial charge in [-0.2, -0.15) is 0 Å². The molecule has 132 valence electrons. The molecule has 1 saturated heterocycles. The van der Waals surface area contributed by atoms with Gasteiger partial charge in [0.1, 0.15) is 0 Å². The quantitative estimate of drug-likeness (QED) is 0.838. The lowest BCUT2D eigenvalue weighted by Crippen LogP contribution is -2.55. The van der Waals surface area contributed by atoms with Crippen molar-refractivity contribution >= 4 is 17.5 Å². The summed E-state index contributed by atoms with van der Waals surface area (Å²) in [6.45, 7) is 10.6. The van der Waals surface area contributed by atoms with E-state index in [4.69, 9.17) is 11.6 Å². The van der Waals surface area contributed by atoms with Crippen molar-refractivity contribution in [2.24, 2.45) is 23.2 Å². The molecule has 1 amide bonds. The van der Waals surface area contributed by atoms with Gasteiger partial charge in [-0.25, -0.2) is 0 Å². The summed E-state index contributed by atoms with van der Waals surface area (Å²) in [5.74, 6) is 1.98. The lowest BCUT2D eigenvalue weighted by atomic mass is 9.65. The first-order chi connectivity index (χ1) is 10.8. The van der Waals surface area contributed by atoms with Gasteiger partial charge >= 0.3 is 0 Å². The third kappa shape index (κ3) is 4.30. The zero-order valence-corrected chi connectivity index (χ0v) is 16.1. The lowest BCUT2D eigenvalue weighted by Gasteiger charge is -2.49. The van der Waals surface area contributed by atoms with Crippen LogP contribution in [0.5, 0.6) is 0 Å². The molecule has 3 atom stereocenters. The highest BCUT2D eigenvalue weighted by Gasteiger charge is 2.42. The molecular weight excluding hydrogens is 308 g/mol. The number of likely N-dealkylation sites (N-methyl/N-ethyl adjacent to an activating group) is 1. The van der Waals surface area contributed by atoms with Crippen molar-refractivity contribution in [1.29, 1.82) is 0 Å². The predicted octanol–water partition coefficient (Wildman–Crippen LogP) is 4.03. The SMILES string of the molecule is CN[C@@H](C(=O)N1CC[C@H](C2CC=C(Cl)CC2)C(C)(C)C1)C(C)C. The van der Waals surface area contributed by atoms with Crippen LogP contribution in [0.15, 0.2) is 11.1 Å². The molecule has 1 heterocycles. The van der Waals surface area contributed by atoms with Crippen LogP contribution >= 0.6 is 11.6 Å². The van der Waals surface area contributed by atoms with Gasteiger partial charge in [0, 0.05) is 18.1 Å². The Bertz CT molecular complexity index is 458. The summed E-state index contributed by atoms with van der Waals surface area (Å²) < 4.78 is 0. The highest BCUT2D eigenvalue weighted by molar-refractivity contribution is 6.29. The average Bonchev–Trinajstić information content (AvgIpc) is 2.47. The van der Waals surface area contributed by atoms with E-state index in [0.29, 0.717) is 11.8 Å². The first-order valence-electron chi connectivity index (χ1n) is 9.07. The van der Waals surface area contributed by atoms with Gasteiger partial charge in [0.25, 0.3) is 0 Å². The van der Waals surface area contributed by atoms with E-state index in [9.17, 15) is 4.79 Å². The van der Waals surface area contributed by atoms with E-state index in [0.717, 1.165) is 43.3 Å². The first-order valence-corrected chi connectivity index (χ1v) is 9.44. The molecule has 1 aliphatic carbocycles. The van der Waals surface area contributed by atoms with Crippen LogP contribution in [0.25, 0.3) is 0 Å².